The van der Waals surface area contributed by atoms with E-state index in [4.69, 9.17) is 0 Å². The van der Waals surface area contributed by atoms with Crippen LogP contribution in [0.3, 0.4) is 0 Å². The summed E-state index contributed by atoms with van der Waals surface area (Å²) in [6, 6.07) is 0. The molecule has 0 atom stereocenters. The molecule has 0 radical (unpaired) electrons. The number of carboxylic acid groups (broad SMARTS) is 1. The summed E-state index contributed by atoms with van der Waals surface area (Å²) < 4.78 is 0. The maximum atomic E-state index is 10.2. The van der Waals surface area contributed by atoms with Gasteiger partial charge in [-0.2, -0.15) is 0 Å². The van der Waals surface area contributed by atoms with E-state index < -0.39 is 5.97 Å². The Hall–Kier alpha value is -0.0500. The van der Waals surface area contributed by atoms with Crippen molar-refractivity contribution in [2.75, 3.05) is 0 Å². The van der Waals surface area contributed by atoms with Gasteiger partial charge in [-0.3, -0.25) is 0 Å². The van der Waals surface area contributed by atoms with E-state index in [9.17, 15) is 9.90 Å². The van der Waals surface area contributed by atoms with Gasteiger partial charge in [0.1, 0.15) is 0 Å². The van der Waals surface area contributed by atoms with Crippen molar-refractivity contribution in [2.45, 2.75) is 84.0 Å². The molecule has 0 heterocycles. The summed E-state index contributed by atoms with van der Waals surface area (Å²) in [6.07, 6.45) is 21.9. The molecule has 0 fully saturated rings. The van der Waals surface area contributed by atoms with Crippen molar-refractivity contribution in [3.8, 4) is 0 Å². The molecule has 0 aromatic heterocycles. The van der Waals surface area contributed by atoms with E-state index in [0.717, 1.165) is 25.7 Å². The molecule has 0 saturated heterocycles. The second-order valence-electron chi connectivity index (χ2n) is 5.38. The fraction of sp³-hybridized carbons (Fsp3) is 0.722. The Morgan fingerprint density at radius 3 is 1.81 bits per heavy atom. The number of carboxylic acids is 1. The molecule has 0 bridgehead atoms. The first-order valence-electron chi connectivity index (χ1n) is 8.29. The van der Waals surface area contributed by atoms with Gasteiger partial charge in [-0.15, -0.1) is 0 Å². The third-order valence-electron chi connectivity index (χ3n) is 3.36. The van der Waals surface area contributed by atoms with Crippen LogP contribution in [-0.2, 0) is 4.79 Å². The molecule has 0 aromatic rings. The zero-order valence-electron chi connectivity index (χ0n) is 14.1. The largest absolute Gasteiger partial charge is 1.00 e. The molecule has 0 N–H and O–H groups in total. The van der Waals surface area contributed by atoms with Crippen LogP contribution in [-0.4, -0.2) is 5.97 Å². The Balaban J connectivity index is 0. The van der Waals surface area contributed by atoms with Gasteiger partial charge in [0.05, 0.1) is 0 Å². The minimum absolute atomic E-state index is 0. The maximum absolute atomic E-state index is 10.2. The van der Waals surface area contributed by atoms with Crippen LogP contribution in [0.25, 0.3) is 0 Å². The van der Waals surface area contributed by atoms with Crippen LogP contribution in [0.4, 0.5) is 0 Å². The molecule has 116 valence electrons. The van der Waals surface area contributed by atoms with Gasteiger partial charge >= 0.3 is 29.6 Å². The number of hydrogen-bond acceptors (Lipinski definition) is 2. The third kappa shape index (κ3) is 22.4. The van der Waals surface area contributed by atoms with E-state index in [-0.39, 0.29) is 36.0 Å². The molecular formula is C18H31NaO2. The molecule has 0 unspecified atom stereocenters. The molecule has 0 amide bonds. The van der Waals surface area contributed by atoms with Crippen LogP contribution in [0.1, 0.15) is 84.0 Å². The van der Waals surface area contributed by atoms with Gasteiger partial charge in [0.15, 0.2) is 0 Å². The number of carbonyl (C=O) groups is 1. The van der Waals surface area contributed by atoms with Crippen LogP contribution in [0, 0.1) is 0 Å². The van der Waals surface area contributed by atoms with Crippen LogP contribution >= 0.6 is 0 Å². The number of unbranched alkanes of at least 4 members (excludes halogenated alkanes) is 9. The maximum Gasteiger partial charge on any atom is 1.00 e. The average Bonchev–Trinajstić information content (AvgIpc) is 2.43. The number of allylic oxidation sites excluding steroid dienone is 4. The first-order valence-corrected chi connectivity index (χ1v) is 8.29. The molecule has 2 nitrogen and oxygen atoms in total. The first kappa shape index (κ1) is 23.2. The summed E-state index contributed by atoms with van der Waals surface area (Å²) in [4.78, 5) is 10.2. The van der Waals surface area contributed by atoms with E-state index in [1.165, 1.54) is 44.9 Å². The van der Waals surface area contributed by atoms with Gasteiger partial charge < -0.3 is 9.90 Å². The summed E-state index contributed by atoms with van der Waals surface area (Å²) in [6.45, 7) is 2.24. The summed E-state index contributed by atoms with van der Waals surface area (Å²) in [5.41, 5.74) is 0. The van der Waals surface area contributed by atoms with Crippen LogP contribution in [0.15, 0.2) is 24.3 Å². The van der Waals surface area contributed by atoms with Gasteiger partial charge in [0.25, 0.3) is 0 Å². The number of aliphatic carboxylic acids is 1. The third-order valence-corrected chi connectivity index (χ3v) is 3.36. The molecule has 0 saturated carbocycles. The zero-order chi connectivity index (χ0) is 14.9. The normalized spacial score (nSPS) is 11.1. The standard InChI is InChI=1S/C18H32O2.Na/c1-2-3-4-5-6-7-8-9-10-11-12-13-14-15-16-17-18(19)20;/h7-10H,2-6,11-17H2,1H3,(H,19,20);/q;+1/p-1. The molecule has 0 aliphatic carbocycles. The molecule has 0 aromatic carbocycles. The predicted octanol–water partition coefficient (Wildman–Crippen LogP) is 1.55. The smallest absolute Gasteiger partial charge is 0.550 e. The Bertz CT molecular complexity index is 272. The topological polar surface area (TPSA) is 40.1 Å². The van der Waals surface area contributed by atoms with Gasteiger partial charge in [-0.1, -0.05) is 69.8 Å². The van der Waals surface area contributed by atoms with Crippen molar-refractivity contribution in [3.63, 3.8) is 0 Å². The SMILES string of the molecule is CCCCCCC=CC=CCCCCCCCC(=O)[O-].[Na+]. The predicted molar refractivity (Wildman–Crippen MR) is 84.4 cm³/mol. The molecule has 0 rings (SSSR count). The molecule has 0 aliphatic rings. The Morgan fingerprint density at radius 2 is 1.29 bits per heavy atom. The van der Waals surface area contributed by atoms with Gasteiger partial charge in [0, 0.05) is 5.97 Å². The van der Waals surface area contributed by atoms with E-state index in [2.05, 4.69) is 31.2 Å². The summed E-state index contributed by atoms with van der Waals surface area (Å²) in [5, 5.41) is 10.2. The fourth-order valence-electron chi connectivity index (χ4n) is 2.10. The van der Waals surface area contributed by atoms with Crippen molar-refractivity contribution >= 4 is 5.97 Å². The van der Waals surface area contributed by atoms with Crippen molar-refractivity contribution in [3.05, 3.63) is 24.3 Å². The summed E-state index contributed by atoms with van der Waals surface area (Å²) in [5.74, 6) is -0.922. The average molecular weight is 302 g/mol. The van der Waals surface area contributed by atoms with Crippen molar-refractivity contribution < 1.29 is 39.5 Å². The second-order valence-corrected chi connectivity index (χ2v) is 5.38. The summed E-state index contributed by atoms with van der Waals surface area (Å²) >= 11 is 0. The molecule has 3 heteroatoms. The van der Waals surface area contributed by atoms with E-state index in [1.54, 1.807) is 0 Å². The van der Waals surface area contributed by atoms with Gasteiger partial charge in [0.2, 0.25) is 0 Å². The monoisotopic (exact) mass is 302 g/mol. The van der Waals surface area contributed by atoms with E-state index >= 15 is 0 Å². The number of hydrogen-bond donors (Lipinski definition) is 0. The minimum Gasteiger partial charge on any atom is -0.550 e. The zero-order valence-corrected chi connectivity index (χ0v) is 16.1. The Morgan fingerprint density at radius 1 is 0.810 bits per heavy atom. The van der Waals surface area contributed by atoms with Gasteiger partial charge in [-0.25, -0.2) is 0 Å². The van der Waals surface area contributed by atoms with Crippen molar-refractivity contribution in [1.82, 2.24) is 0 Å². The Labute approximate surface area is 153 Å². The summed E-state index contributed by atoms with van der Waals surface area (Å²) in [7, 11) is 0. The van der Waals surface area contributed by atoms with Gasteiger partial charge in [-0.05, 0) is 38.5 Å². The molecule has 0 aliphatic heterocycles. The number of carbonyl (C=O) groups excluding carboxylic acids is 1. The van der Waals surface area contributed by atoms with Crippen molar-refractivity contribution in [2.24, 2.45) is 0 Å². The van der Waals surface area contributed by atoms with Crippen molar-refractivity contribution in [1.29, 1.82) is 0 Å². The first-order chi connectivity index (χ1) is 9.77. The van der Waals surface area contributed by atoms with Crippen LogP contribution in [0.5, 0.6) is 0 Å². The molecule has 21 heavy (non-hydrogen) atoms. The van der Waals surface area contributed by atoms with E-state index in [0.29, 0.717) is 0 Å². The Kier molecular flexibility index (Phi) is 22.1. The van der Waals surface area contributed by atoms with Crippen LogP contribution in [0.2, 0.25) is 0 Å². The van der Waals surface area contributed by atoms with Crippen LogP contribution < -0.4 is 34.7 Å². The molecular weight excluding hydrogens is 271 g/mol. The van der Waals surface area contributed by atoms with E-state index in [1.807, 2.05) is 0 Å². The minimum atomic E-state index is -0.922. The quantitative estimate of drug-likeness (QED) is 0.277. The number of rotatable bonds is 14. The fourth-order valence-corrected chi connectivity index (χ4v) is 2.10. The molecule has 0 spiro atoms. The second kappa shape index (κ2) is 19.9.